The summed E-state index contributed by atoms with van der Waals surface area (Å²) in [6.07, 6.45) is 11.2. The largest absolute Gasteiger partial charge is 0.456 e. The third kappa shape index (κ3) is 4.75. The number of hydrogen-bond acceptors (Lipinski definition) is 4. The maximum Gasteiger partial charge on any atom is 0.136 e. The van der Waals surface area contributed by atoms with Gasteiger partial charge in [-0.3, -0.25) is 4.99 Å². The second kappa shape index (κ2) is 11.7. The van der Waals surface area contributed by atoms with Crippen molar-refractivity contribution in [3.8, 4) is 22.3 Å². The first kappa shape index (κ1) is 30.2. The van der Waals surface area contributed by atoms with Crippen molar-refractivity contribution in [1.29, 1.82) is 0 Å². The predicted molar refractivity (Wildman–Crippen MR) is 213 cm³/mol. The van der Waals surface area contributed by atoms with Crippen LogP contribution >= 0.6 is 11.8 Å². The maximum atomic E-state index is 6.96. The number of allylic oxidation sites excluding steroid dienone is 4. The molecule has 10 rings (SSSR count). The van der Waals surface area contributed by atoms with Crippen molar-refractivity contribution in [2.75, 3.05) is 0 Å². The Kier molecular flexibility index (Phi) is 6.92. The molecule has 1 aliphatic heterocycles. The number of fused-ring (bicyclic) bond motifs is 10. The number of thioether (sulfide) groups is 1. The van der Waals surface area contributed by atoms with Crippen LogP contribution in [0.4, 0.5) is 0 Å². The average molecular weight is 675 g/mol. The number of nitrogens with zero attached hydrogens (tertiary/aromatic N) is 1. The fourth-order valence-corrected chi connectivity index (χ4v) is 9.58. The zero-order valence-corrected chi connectivity index (χ0v) is 28.9. The number of para-hydroxylation sites is 1. The van der Waals surface area contributed by atoms with Gasteiger partial charge in [0.2, 0.25) is 0 Å². The Hall–Kier alpha value is -5.68. The van der Waals surface area contributed by atoms with Gasteiger partial charge < -0.3 is 10.2 Å². The molecule has 0 spiro atoms. The summed E-state index contributed by atoms with van der Waals surface area (Å²) in [5, 5.41) is 2.26. The zero-order chi connectivity index (χ0) is 34.1. The Morgan fingerprint density at radius 1 is 0.745 bits per heavy atom. The Bertz CT molecular complexity index is 2660. The Morgan fingerprint density at radius 3 is 2.43 bits per heavy atom. The highest BCUT2D eigenvalue weighted by Crippen LogP contribution is 2.55. The molecule has 244 valence electrons. The lowest BCUT2D eigenvalue weighted by atomic mass is 9.60. The average Bonchev–Trinajstić information content (AvgIpc) is 3.72. The van der Waals surface area contributed by atoms with Gasteiger partial charge in [0.1, 0.15) is 11.2 Å². The van der Waals surface area contributed by atoms with Gasteiger partial charge in [-0.15, -0.1) is 0 Å². The monoisotopic (exact) mass is 674 g/mol. The van der Waals surface area contributed by atoms with Gasteiger partial charge in [-0.2, -0.15) is 0 Å². The lowest BCUT2D eigenvalue weighted by Gasteiger charge is -2.43. The lowest BCUT2D eigenvalue weighted by Crippen LogP contribution is -2.33. The van der Waals surface area contributed by atoms with Gasteiger partial charge in [-0.25, -0.2) is 0 Å². The minimum Gasteiger partial charge on any atom is -0.456 e. The molecule has 0 fully saturated rings. The zero-order valence-electron chi connectivity index (χ0n) is 28.1. The number of nitrogens with two attached hydrogens (primary N) is 1. The van der Waals surface area contributed by atoms with Crippen LogP contribution in [-0.2, 0) is 5.41 Å². The molecular weight excluding hydrogens is 641 g/mol. The molecule has 3 unspecified atom stereocenters. The van der Waals surface area contributed by atoms with E-state index in [1.54, 1.807) is 11.8 Å². The first-order chi connectivity index (χ1) is 25.1. The van der Waals surface area contributed by atoms with Gasteiger partial charge in [-0.1, -0.05) is 140 Å². The first-order valence-corrected chi connectivity index (χ1v) is 18.3. The fraction of sp³-hybridized carbons (Fsp3) is 0.0851. The molecule has 0 radical (unpaired) electrons. The van der Waals surface area contributed by atoms with Gasteiger partial charge in [0.25, 0.3) is 0 Å². The predicted octanol–water partition coefficient (Wildman–Crippen LogP) is 12.0. The van der Waals surface area contributed by atoms with Gasteiger partial charge in [0.05, 0.1) is 11.7 Å². The molecule has 2 heterocycles. The lowest BCUT2D eigenvalue weighted by molar-refractivity contribution is 0.519. The number of benzene rings is 6. The van der Waals surface area contributed by atoms with E-state index in [0.29, 0.717) is 0 Å². The molecule has 3 nitrogen and oxygen atoms in total. The van der Waals surface area contributed by atoms with Crippen LogP contribution in [0.2, 0.25) is 0 Å². The van der Waals surface area contributed by atoms with E-state index >= 15 is 0 Å². The molecule has 0 saturated carbocycles. The van der Waals surface area contributed by atoms with Crippen molar-refractivity contribution < 1.29 is 4.42 Å². The van der Waals surface area contributed by atoms with Crippen molar-refractivity contribution in [3.63, 3.8) is 0 Å². The van der Waals surface area contributed by atoms with Crippen LogP contribution in [-0.4, -0.2) is 6.21 Å². The standard InChI is InChI=1S/C47H34N2OS/c1-47-24-12-11-19-39(47)37-26-31(30-22-23-34-33-15-6-9-20-40(33)50-41(34)27-30)25-32(43(37)35-16-5-8-18-38(35)47)28-49-45(29-13-3-2-4-14-29)46-44(48)36-17-7-10-21-42(36)51-46/h2-28,39,44H,48H2,1H3/b46-45+,49-28?. The van der Waals surface area contributed by atoms with E-state index in [2.05, 4.69) is 153 Å². The van der Waals surface area contributed by atoms with E-state index in [9.17, 15) is 0 Å². The number of aliphatic imine (C=N–C) groups is 1. The molecule has 51 heavy (non-hydrogen) atoms. The summed E-state index contributed by atoms with van der Waals surface area (Å²) in [4.78, 5) is 7.65. The van der Waals surface area contributed by atoms with Crippen LogP contribution in [0.3, 0.4) is 0 Å². The second-order valence-corrected chi connectivity index (χ2v) is 14.9. The third-order valence-electron chi connectivity index (χ3n) is 10.9. The molecular formula is C47H34N2OS. The normalized spacial score (nSPS) is 21.1. The highest BCUT2D eigenvalue weighted by atomic mass is 32.2. The van der Waals surface area contributed by atoms with E-state index in [-0.39, 0.29) is 17.4 Å². The van der Waals surface area contributed by atoms with Crippen LogP contribution in [0.5, 0.6) is 0 Å². The summed E-state index contributed by atoms with van der Waals surface area (Å²) in [5.74, 6) is 0.162. The Labute approximate surface area is 301 Å². The van der Waals surface area contributed by atoms with E-state index in [4.69, 9.17) is 15.1 Å². The molecule has 0 saturated heterocycles. The summed E-state index contributed by atoms with van der Waals surface area (Å²) in [5.41, 5.74) is 20.1. The van der Waals surface area contributed by atoms with Crippen LogP contribution < -0.4 is 5.73 Å². The van der Waals surface area contributed by atoms with Crippen molar-refractivity contribution in [2.24, 2.45) is 10.7 Å². The second-order valence-electron chi connectivity index (χ2n) is 13.8. The third-order valence-corrected chi connectivity index (χ3v) is 12.2. The van der Waals surface area contributed by atoms with E-state index in [0.717, 1.165) is 60.4 Å². The van der Waals surface area contributed by atoms with Gasteiger partial charge in [0.15, 0.2) is 0 Å². The van der Waals surface area contributed by atoms with Gasteiger partial charge in [0, 0.05) is 49.2 Å². The quantitative estimate of drug-likeness (QED) is 0.189. The molecule has 2 N–H and O–H groups in total. The molecule has 1 aromatic heterocycles. The number of hydrogen-bond donors (Lipinski definition) is 1. The fourth-order valence-electron chi connectivity index (χ4n) is 8.37. The summed E-state index contributed by atoms with van der Waals surface area (Å²) in [7, 11) is 0. The van der Waals surface area contributed by atoms with Gasteiger partial charge >= 0.3 is 0 Å². The Balaban J connectivity index is 1.21. The van der Waals surface area contributed by atoms with Crippen LogP contribution in [0, 0.1) is 0 Å². The van der Waals surface area contributed by atoms with Crippen molar-refractivity contribution in [1.82, 2.24) is 0 Å². The number of rotatable bonds is 4. The smallest absolute Gasteiger partial charge is 0.136 e. The summed E-state index contributed by atoms with van der Waals surface area (Å²) < 4.78 is 6.36. The first-order valence-electron chi connectivity index (χ1n) is 17.5. The van der Waals surface area contributed by atoms with Crippen LogP contribution in [0.15, 0.2) is 177 Å². The van der Waals surface area contributed by atoms with Crippen LogP contribution in [0.25, 0.3) is 49.9 Å². The number of furan rings is 1. The maximum absolute atomic E-state index is 6.96. The molecule has 0 amide bonds. The molecule has 3 aliphatic rings. The Morgan fingerprint density at radius 2 is 1.53 bits per heavy atom. The topological polar surface area (TPSA) is 51.5 Å². The summed E-state index contributed by atoms with van der Waals surface area (Å²) >= 11 is 1.73. The molecule has 4 heteroatoms. The van der Waals surface area contributed by atoms with Crippen molar-refractivity contribution in [3.05, 3.63) is 190 Å². The SMILES string of the molecule is CC12C=CC=CC1c1cc(-c3ccc4c(c3)oc3ccccc34)cc(C=N/C(=C3/Sc4ccccc4C3N)c3ccccc3)c1-c1ccccc12. The molecule has 2 aliphatic carbocycles. The highest BCUT2D eigenvalue weighted by Gasteiger charge is 2.42. The van der Waals surface area contributed by atoms with E-state index in [1.165, 1.54) is 27.1 Å². The minimum absolute atomic E-state index is 0.162. The van der Waals surface area contributed by atoms with E-state index in [1.807, 2.05) is 18.2 Å². The minimum atomic E-state index is -0.241. The van der Waals surface area contributed by atoms with Crippen LogP contribution in [0.1, 0.15) is 46.7 Å². The summed E-state index contributed by atoms with van der Waals surface area (Å²) in [6, 6.07) is 47.1. The highest BCUT2D eigenvalue weighted by molar-refractivity contribution is 8.03. The molecule has 0 bridgehead atoms. The van der Waals surface area contributed by atoms with Crippen molar-refractivity contribution in [2.45, 2.75) is 29.2 Å². The molecule has 7 aromatic rings. The molecule has 3 atom stereocenters. The molecule has 6 aromatic carbocycles. The van der Waals surface area contributed by atoms with Gasteiger partial charge in [-0.05, 0) is 75.3 Å². The summed E-state index contributed by atoms with van der Waals surface area (Å²) in [6.45, 7) is 2.37. The van der Waals surface area contributed by atoms with Crippen molar-refractivity contribution >= 4 is 45.6 Å². The van der Waals surface area contributed by atoms with E-state index < -0.39 is 0 Å².